The lowest BCUT2D eigenvalue weighted by atomic mass is 10.0. The lowest BCUT2D eigenvalue weighted by molar-refractivity contribution is -0.132. The van der Waals surface area contributed by atoms with Gasteiger partial charge in [0.25, 0.3) is 0 Å². The molecule has 0 fully saturated rings. The normalized spacial score (nSPS) is 11.0. The van der Waals surface area contributed by atoms with Gasteiger partial charge in [0.2, 0.25) is 5.91 Å². The van der Waals surface area contributed by atoms with Crippen molar-refractivity contribution in [3.8, 4) is 0 Å². The van der Waals surface area contributed by atoms with Crippen LogP contribution >= 0.6 is 23.2 Å². The molecule has 3 nitrogen and oxygen atoms in total. The molecule has 174 valence electrons. The number of carbonyl (C=O) groups is 1. The number of nitrogens with one attached hydrogen (secondary N) is 1. The summed E-state index contributed by atoms with van der Waals surface area (Å²) in [7, 11) is 0. The number of hydrogen-bond donors (Lipinski definition) is 1. The maximum absolute atomic E-state index is 13.1. The van der Waals surface area contributed by atoms with Gasteiger partial charge in [0.05, 0.1) is 0 Å². The Morgan fingerprint density at radius 3 is 1.94 bits per heavy atom. The van der Waals surface area contributed by atoms with Gasteiger partial charge in [-0.05, 0) is 64.7 Å². The van der Waals surface area contributed by atoms with E-state index in [4.69, 9.17) is 23.2 Å². The zero-order valence-corrected chi connectivity index (χ0v) is 20.5. The maximum atomic E-state index is 13.1. The van der Waals surface area contributed by atoms with Gasteiger partial charge < -0.3 is 10.2 Å². The highest BCUT2D eigenvalue weighted by Gasteiger charge is 2.15. The van der Waals surface area contributed by atoms with E-state index in [1.54, 1.807) is 0 Å². The lowest BCUT2D eigenvalue weighted by Gasteiger charge is -2.23. The van der Waals surface area contributed by atoms with E-state index in [1.807, 2.05) is 53.4 Å². The van der Waals surface area contributed by atoms with Gasteiger partial charge in [-0.3, -0.25) is 4.79 Å². The largest absolute Gasteiger partial charge is 0.334 e. The number of fused-ring (bicyclic) bond motifs is 1. The van der Waals surface area contributed by atoms with Crippen LogP contribution in [-0.4, -0.2) is 23.9 Å². The van der Waals surface area contributed by atoms with Crippen LogP contribution in [0.2, 0.25) is 10.0 Å². The monoisotopic (exact) mass is 490 g/mol. The van der Waals surface area contributed by atoms with Crippen LogP contribution in [0.5, 0.6) is 0 Å². The molecule has 4 aromatic carbocycles. The average molecular weight is 491 g/mol. The zero-order chi connectivity index (χ0) is 23.8. The van der Waals surface area contributed by atoms with Crippen molar-refractivity contribution < 1.29 is 4.79 Å². The Bertz CT molecular complexity index is 1170. The second-order valence-electron chi connectivity index (χ2n) is 8.39. The number of benzene rings is 4. The van der Waals surface area contributed by atoms with Crippen LogP contribution in [0.3, 0.4) is 0 Å². The molecule has 4 aromatic rings. The fraction of sp³-hybridized carbons (Fsp3) is 0.207. The topological polar surface area (TPSA) is 32.3 Å². The number of hydrogen-bond acceptors (Lipinski definition) is 2. The molecule has 4 rings (SSSR count). The molecule has 0 saturated heterocycles. The smallest absolute Gasteiger partial charge is 0.224 e. The van der Waals surface area contributed by atoms with E-state index in [0.29, 0.717) is 36.1 Å². The van der Waals surface area contributed by atoms with Gasteiger partial charge in [-0.25, -0.2) is 0 Å². The fourth-order valence-electron chi connectivity index (χ4n) is 4.06. The number of carbonyl (C=O) groups excluding carboxylic acids is 1. The van der Waals surface area contributed by atoms with Gasteiger partial charge in [0.1, 0.15) is 0 Å². The molecule has 0 aromatic heterocycles. The second-order valence-corrected chi connectivity index (χ2v) is 9.26. The molecule has 34 heavy (non-hydrogen) atoms. The van der Waals surface area contributed by atoms with Crippen molar-refractivity contribution in [2.75, 3.05) is 13.1 Å². The summed E-state index contributed by atoms with van der Waals surface area (Å²) in [6.45, 7) is 2.54. The van der Waals surface area contributed by atoms with E-state index in [-0.39, 0.29) is 5.91 Å². The molecular weight excluding hydrogens is 463 g/mol. The Kier molecular flexibility index (Phi) is 8.59. The van der Waals surface area contributed by atoms with Crippen molar-refractivity contribution in [3.63, 3.8) is 0 Å². The molecule has 0 spiro atoms. The molecule has 1 N–H and O–H groups in total. The van der Waals surface area contributed by atoms with E-state index >= 15 is 0 Å². The highest BCUT2D eigenvalue weighted by Crippen LogP contribution is 2.19. The summed E-state index contributed by atoms with van der Waals surface area (Å²) in [6.07, 6.45) is 1.37. The molecule has 5 heteroatoms. The third-order valence-corrected chi connectivity index (χ3v) is 6.40. The Morgan fingerprint density at radius 2 is 1.29 bits per heavy atom. The van der Waals surface area contributed by atoms with Crippen LogP contribution in [0, 0.1) is 0 Å². The van der Waals surface area contributed by atoms with Crippen LogP contribution in [0.4, 0.5) is 0 Å². The molecule has 0 atom stereocenters. The number of nitrogens with zero attached hydrogens (tertiary/aromatic N) is 1. The summed E-state index contributed by atoms with van der Waals surface area (Å²) in [5.74, 6) is 0.113. The minimum absolute atomic E-state index is 0.113. The Balaban J connectivity index is 1.32. The van der Waals surface area contributed by atoms with Crippen LogP contribution in [0.15, 0.2) is 91.0 Å². The van der Waals surface area contributed by atoms with Crippen LogP contribution in [-0.2, 0) is 24.3 Å². The summed E-state index contributed by atoms with van der Waals surface area (Å²) in [4.78, 5) is 15.0. The molecule has 0 radical (unpaired) electrons. The van der Waals surface area contributed by atoms with Crippen molar-refractivity contribution in [2.45, 2.75) is 25.9 Å². The van der Waals surface area contributed by atoms with E-state index in [2.05, 4.69) is 47.8 Å². The van der Waals surface area contributed by atoms with E-state index in [1.165, 1.54) is 16.3 Å². The summed E-state index contributed by atoms with van der Waals surface area (Å²) < 4.78 is 0. The summed E-state index contributed by atoms with van der Waals surface area (Å²) in [5, 5.41) is 7.37. The number of halogens is 2. The molecular formula is C29H28Cl2N2O. The van der Waals surface area contributed by atoms with Gasteiger partial charge in [-0.15, -0.1) is 0 Å². The first kappa shape index (κ1) is 24.3. The van der Waals surface area contributed by atoms with Gasteiger partial charge in [0, 0.05) is 36.1 Å². The van der Waals surface area contributed by atoms with Gasteiger partial charge in [-0.1, -0.05) is 89.9 Å². The third kappa shape index (κ3) is 6.83. The minimum atomic E-state index is 0.113. The van der Waals surface area contributed by atoms with Crippen molar-refractivity contribution in [3.05, 3.63) is 118 Å². The van der Waals surface area contributed by atoms with Crippen molar-refractivity contribution in [2.24, 2.45) is 0 Å². The average Bonchev–Trinajstić information content (AvgIpc) is 2.86. The molecule has 0 aliphatic rings. The van der Waals surface area contributed by atoms with Crippen LogP contribution in [0.1, 0.15) is 23.1 Å². The van der Waals surface area contributed by atoms with Crippen molar-refractivity contribution in [1.29, 1.82) is 0 Å². The van der Waals surface area contributed by atoms with Gasteiger partial charge in [-0.2, -0.15) is 0 Å². The molecule has 0 heterocycles. The molecule has 0 unspecified atom stereocenters. The number of amides is 1. The van der Waals surface area contributed by atoms with Gasteiger partial charge >= 0.3 is 0 Å². The van der Waals surface area contributed by atoms with E-state index in [9.17, 15) is 4.79 Å². The van der Waals surface area contributed by atoms with Crippen LogP contribution in [0.25, 0.3) is 10.8 Å². The van der Waals surface area contributed by atoms with Crippen molar-refractivity contribution in [1.82, 2.24) is 10.2 Å². The summed E-state index contributed by atoms with van der Waals surface area (Å²) >= 11 is 12.1. The van der Waals surface area contributed by atoms with Crippen molar-refractivity contribution >= 4 is 39.9 Å². The first-order chi connectivity index (χ1) is 16.6. The highest BCUT2D eigenvalue weighted by molar-refractivity contribution is 6.30. The van der Waals surface area contributed by atoms with E-state index < -0.39 is 0 Å². The molecule has 1 amide bonds. The quantitative estimate of drug-likeness (QED) is 0.245. The summed E-state index contributed by atoms with van der Waals surface area (Å²) in [6, 6.07) is 30.2. The Morgan fingerprint density at radius 1 is 0.706 bits per heavy atom. The third-order valence-electron chi connectivity index (χ3n) is 5.89. The molecule has 0 saturated carbocycles. The molecule has 0 bridgehead atoms. The van der Waals surface area contributed by atoms with Crippen LogP contribution < -0.4 is 5.32 Å². The minimum Gasteiger partial charge on any atom is -0.334 e. The first-order valence-electron chi connectivity index (χ1n) is 11.5. The zero-order valence-electron chi connectivity index (χ0n) is 19.0. The highest BCUT2D eigenvalue weighted by atomic mass is 35.5. The predicted molar refractivity (Wildman–Crippen MR) is 142 cm³/mol. The second kappa shape index (κ2) is 12.0. The van der Waals surface area contributed by atoms with E-state index in [0.717, 1.165) is 24.1 Å². The maximum Gasteiger partial charge on any atom is 0.224 e. The van der Waals surface area contributed by atoms with Gasteiger partial charge in [0.15, 0.2) is 0 Å². The Hall–Kier alpha value is -2.85. The molecule has 0 aliphatic heterocycles. The standard InChI is InChI=1S/C29H28Cl2N2O/c30-26-12-8-22(9-13-26)20-33(21-23-10-14-27(31)15-11-23)29(34)17-19-32-18-16-25-6-3-5-24-4-1-2-7-28(24)25/h1-15,32H,16-21H2. The first-order valence-corrected chi connectivity index (χ1v) is 12.3. The SMILES string of the molecule is O=C(CCNCCc1cccc2ccccc12)N(Cc1ccc(Cl)cc1)Cc1ccc(Cl)cc1. The lowest BCUT2D eigenvalue weighted by Crippen LogP contribution is -2.33. The molecule has 0 aliphatic carbocycles. The fourth-order valence-corrected chi connectivity index (χ4v) is 4.32. The predicted octanol–water partition coefficient (Wildman–Crippen LogP) is 6.90. The number of rotatable bonds is 10. The Labute approximate surface area is 211 Å². The summed E-state index contributed by atoms with van der Waals surface area (Å²) in [5.41, 5.74) is 3.43.